The fourth-order valence-corrected chi connectivity index (χ4v) is 4.13. The zero-order valence-corrected chi connectivity index (χ0v) is 17.0. The number of rotatable bonds is 3. The van der Waals surface area contributed by atoms with Crippen molar-refractivity contribution in [1.82, 2.24) is 19.5 Å². The van der Waals surface area contributed by atoms with Crippen LogP contribution in [0.3, 0.4) is 0 Å². The number of fused-ring (bicyclic) bond motifs is 1. The number of likely N-dealkylation sites (tertiary alicyclic amines) is 1. The van der Waals surface area contributed by atoms with Crippen molar-refractivity contribution in [2.45, 2.75) is 26.7 Å². The van der Waals surface area contributed by atoms with Crippen LogP contribution in [-0.4, -0.2) is 44.4 Å². The number of carbonyl (C=O) groups excluding carboxylic acids is 2. The number of aromatic nitrogens is 3. The highest BCUT2D eigenvalue weighted by molar-refractivity contribution is 7.15. The molecule has 4 rings (SSSR count). The van der Waals surface area contributed by atoms with Crippen LogP contribution >= 0.6 is 11.3 Å². The van der Waals surface area contributed by atoms with Crippen LogP contribution in [0.25, 0.3) is 4.96 Å². The summed E-state index contributed by atoms with van der Waals surface area (Å²) in [6.07, 6.45) is 1.21. The molecule has 3 aromatic rings. The van der Waals surface area contributed by atoms with E-state index in [0.29, 0.717) is 42.3 Å². The second-order valence-electron chi connectivity index (χ2n) is 7.24. The summed E-state index contributed by atoms with van der Waals surface area (Å²) in [5.74, 6) is 0.219. The van der Waals surface area contributed by atoms with E-state index in [1.165, 1.54) is 15.9 Å². The Morgan fingerprint density at radius 3 is 2.52 bits per heavy atom. The van der Waals surface area contributed by atoms with Gasteiger partial charge in [-0.2, -0.15) is 14.6 Å². The highest BCUT2D eigenvalue weighted by atomic mass is 32.1. The van der Waals surface area contributed by atoms with Crippen LogP contribution in [0, 0.1) is 19.8 Å². The summed E-state index contributed by atoms with van der Waals surface area (Å²) >= 11 is 1.25. The molecule has 2 aromatic heterocycles. The van der Waals surface area contributed by atoms with Gasteiger partial charge in [-0.05, 0) is 38.8 Å². The Kier molecular flexibility index (Phi) is 5.14. The number of carbonyl (C=O) groups is 2. The fourth-order valence-electron chi connectivity index (χ4n) is 3.38. The summed E-state index contributed by atoms with van der Waals surface area (Å²) < 4.78 is 1.48. The lowest BCUT2D eigenvalue weighted by atomic mass is 9.95. The summed E-state index contributed by atoms with van der Waals surface area (Å²) in [6.45, 7) is 4.66. The number of nitrogens with one attached hydrogen (secondary N) is 1. The maximum Gasteiger partial charge on any atom is 0.295 e. The van der Waals surface area contributed by atoms with Gasteiger partial charge in [0, 0.05) is 30.0 Å². The van der Waals surface area contributed by atoms with E-state index < -0.39 is 0 Å². The van der Waals surface area contributed by atoms with E-state index in [4.69, 9.17) is 0 Å². The van der Waals surface area contributed by atoms with Gasteiger partial charge in [0.25, 0.3) is 11.5 Å². The lowest BCUT2D eigenvalue weighted by Gasteiger charge is -2.31. The molecule has 1 aromatic carbocycles. The normalized spacial score (nSPS) is 14.9. The second-order valence-corrected chi connectivity index (χ2v) is 8.08. The van der Waals surface area contributed by atoms with Gasteiger partial charge in [0.15, 0.2) is 0 Å². The predicted octanol–water partition coefficient (Wildman–Crippen LogP) is 2.26. The van der Waals surface area contributed by atoms with Gasteiger partial charge in [-0.25, -0.2) is 0 Å². The van der Waals surface area contributed by atoms with E-state index in [-0.39, 0.29) is 29.0 Å². The molecule has 1 aliphatic heterocycles. The second kappa shape index (κ2) is 7.75. The van der Waals surface area contributed by atoms with Crippen molar-refractivity contribution in [2.75, 3.05) is 18.4 Å². The van der Waals surface area contributed by atoms with E-state index >= 15 is 0 Å². The third-order valence-corrected chi connectivity index (χ3v) is 5.96. The number of hydrogen-bond acceptors (Lipinski definition) is 6. The van der Waals surface area contributed by atoms with Crippen LogP contribution in [-0.2, 0) is 4.79 Å². The van der Waals surface area contributed by atoms with Gasteiger partial charge in [-0.3, -0.25) is 14.4 Å². The fraction of sp³-hybridized carbons (Fsp3) is 0.350. The van der Waals surface area contributed by atoms with Gasteiger partial charge in [0.1, 0.15) is 11.5 Å². The summed E-state index contributed by atoms with van der Waals surface area (Å²) in [4.78, 5) is 43.1. The highest BCUT2D eigenvalue weighted by Crippen LogP contribution is 2.23. The molecule has 29 heavy (non-hydrogen) atoms. The van der Waals surface area contributed by atoms with Crippen molar-refractivity contribution in [3.05, 3.63) is 56.8 Å². The van der Waals surface area contributed by atoms with Gasteiger partial charge in [-0.1, -0.05) is 17.7 Å². The number of aryl methyl sites for hydroxylation is 2. The number of anilines is 1. The summed E-state index contributed by atoms with van der Waals surface area (Å²) in [6, 6.07) is 7.53. The summed E-state index contributed by atoms with van der Waals surface area (Å²) in [7, 11) is 0. The average Bonchev–Trinajstić information content (AvgIpc) is 3.10. The highest BCUT2D eigenvalue weighted by Gasteiger charge is 2.28. The van der Waals surface area contributed by atoms with Crippen molar-refractivity contribution in [3.63, 3.8) is 0 Å². The Morgan fingerprint density at radius 1 is 1.14 bits per heavy atom. The predicted molar refractivity (Wildman–Crippen MR) is 110 cm³/mol. The van der Waals surface area contributed by atoms with E-state index in [2.05, 4.69) is 15.4 Å². The molecule has 1 fully saturated rings. The minimum atomic E-state index is -0.365. The largest absolute Gasteiger partial charge is 0.339 e. The monoisotopic (exact) mass is 411 g/mol. The van der Waals surface area contributed by atoms with Gasteiger partial charge in [-0.15, -0.1) is 11.3 Å². The molecule has 0 atom stereocenters. The Bertz CT molecular complexity index is 1130. The Morgan fingerprint density at radius 2 is 1.83 bits per heavy atom. The topological polar surface area (TPSA) is 96.7 Å². The zero-order valence-electron chi connectivity index (χ0n) is 16.2. The summed E-state index contributed by atoms with van der Waals surface area (Å²) in [5, 5.41) is 8.81. The quantitative estimate of drug-likeness (QED) is 0.713. The minimum Gasteiger partial charge on any atom is -0.339 e. The molecule has 9 heteroatoms. The molecule has 3 heterocycles. The lowest BCUT2D eigenvalue weighted by molar-refractivity contribution is -0.121. The Balaban J connectivity index is 1.39. The van der Waals surface area contributed by atoms with E-state index in [9.17, 15) is 14.4 Å². The molecule has 1 saturated heterocycles. The molecule has 0 aliphatic carbocycles. The first-order chi connectivity index (χ1) is 13.9. The van der Waals surface area contributed by atoms with Gasteiger partial charge in [0.05, 0.1) is 0 Å². The zero-order chi connectivity index (χ0) is 20.5. The van der Waals surface area contributed by atoms with Gasteiger partial charge >= 0.3 is 0 Å². The number of amides is 2. The van der Waals surface area contributed by atoms with Crippen molar-refractivity contribution in [2.24, 2.45) is 5.92 Å². The maximum absolute atomic E-state index is 12.7. The third kappa shape index (κ3) is 3.91. The van der Waals surface area contributed by atoms with Crippen LogP contribution in [0.2, 0.25) is 0 Å². The Hall–Kier alpha value is -3.07. The smallest absolute Gasteiger partial charge is 0.295 e. The third-order valence-electron chi connectivity index (χ3n) is 5.14. The van der Waals surface area contributed by atoms with Crippen molar-refractivity contribution in [3.8, 4) is 0 Å². The molecule has 2 amide bonds. The molecule has 0 unspecified atom stereocenters. The molecule has 0 spiro atoms. The van der Waals surface area contributed by atoms with Crippen molar-refractivity contribution in [1.29, 1.82) is 0 Å². The molecular formula is C20H21N5O3S. The van der Waals surface area contributed by atoms with Gasteiger partial charge in [0.2, 0.25) is 10.9 Å². The molecule has 0 radical (unpaired) electrons. The number of piperidine rings is 1. The van der Waals surface area contributed by atoms with E-state index in [0.717, 1.165) is 5.56 Å². The molecule has 150 valence electrons. The van der Waals surface area contributed by atoms with Crippen LogP contribution in [0.15, 0.2) is 34.4 Å². The van der Waals surface area contributed by atoms with E-state index in [1.807, 2.05) is 31.2 Å². The summed E-state index contributed by atoms with van der Waals surface area (Å²) in [5.41, 5.74) is 1.70. The number of benzene rings is 1. The van der Waals surface area contributed by atoms with Crippen LogP contribution in [0.4, 0.5) is 5.82 Å². The van der Waals surface area contributed by atoms with Crippen molar-refractivity contribution >= 4 is 33.9 Å². The van der Waals surface area contributed by atoms with Gasteiger partial charge < -0.3 is 10.2 Å². The standard InChI is InChI=1S/C20H21N5O3S/c1-12-3-5-15(6-4-12)19(28)24-9-7-14(8-10-24)18(27)21-16-11-29-20-22-17(26)13(2)23-25(16)20/h3-6,11,14H,7-10H2,1-2H3,(H,21,27). The molecule has 1 aliphatic rings. The SMILES string of the molecule is Cc1ccc(C(=O)N2CCC(C(=O)Nc3csc4nc(=O)c(C)nn34)CC2)cc1. The molecule has 8 nitrogen and oxygen atoms in total. The number of thiazole rings is 1. The first-order valence-electron chi connectivity index (χ1n) is 9.44. The minimum absolute atomic E-state index is 0.00223. The first-order valence-corrected chi connectivity index (χ1v) is 10.3. The molecular weight excluding hydrogens is 390 g/mol. The first kappa shape index (κ1) is 19.3. The maximum atomic E-state index is 12.7. The number of hydrogen-bond donors (Lipinski definition) is 1. The number of nitrogens with zero attached hydrogens (tertiary/aromatic N) is 4. The Labute approximate surface area is 171 Å². The van der Waals surface area contributed by atoms with Crippen LogP contribution < -0.4 is 10.9 Å². The van der Waals surface area contributed by atoms with Crippen LogP contribution in [0.5, 0.6) is 0 Å². The van der Waals surface area contributed by atoms with Crippen molar-refractivity contribution < 1.29 is 9.59 Å². The van der Waals surface area contributed by atoms with Crippen LogP contribution in [0.1, 0.15) is 34.5 Å². The molecule has 0 bridgehead atoms. The molecule has 0 saturated carbocycles. The van der Waals surface area contributed by atoms with E-state index in [1.54, 1.807) is 17.2 Å². The average molecular weight is 411 g/mol. The lowest BCUT2D eigenvalue weighted by Crippen LogP contribution is -2.41. The molecule has 1 N–H and O–H groups in total.